The van der Waals surface area contributed by atoms with Crippen LogP contribution < -0.4 is 0 Å². The first kappa shape index (κ1) is 16.1. The Morgan fingerprint density at radius 2 is 1.21 bits per heavy atom. The highest BCUT2D eigenvalue weighted by molar-refractivity contribution is 8.02. The first-order valence-electron chi connectivity index (χ1n) is 7.45. The van der Waals surface area contributed by atoms with Gasteiger partial charge in [-0.1, -0.05) is 40.6 Å². The van der Waals surface area contributed by atoms with E-state index in [4.69, 9.17) is 0 Å². The lowest BCUT2D eigenvalue weighted by Crippen LogP contribution is -2.15. The van der Waals surface area contributed by atoms with Crippen molar-refractivity contribution in [3.8, 4) is 0 Å². The number of non-ortho nitro benzene ring substituents is 1. The third kappa shape index (κ3) is 3.26. The predicted octanol–water partition coefficient (Wildman–Crippen LogP) is 4.71. The summed E-state index contributed by atoms with van der Waals surface area (Å²) in [6.45, 7) is 0. The van der Waals surface area contributed by atoms with Gasteiger partial charge in [0.15, 0.2) is 19.7 Å². The van der Waals surface area contributed by atoms with Gasteiger partial charge in [-0.15, -0.1) is 0 Å². The Morgan fingerprint density at radius 3 is 1.62 bits per heavy atom. The highest BCUT2D eigenvalue weighted by Crippen LogP contribution is 2.32. The molecule has 0 saturated heterocycles. The largest absolute Gasteiger partial charge is 0.269 e. The van der Waals surface area contributed by atoms with Crippen LogP contribution in [0.2, 0.25) is 0 Å². The van der Waals surface area contributed by atoms with Gasteiger partial charge < -0.3 is 0 Å². The van der Waals surface area contributed by atoms with E-state index in [0.717, 1.165) is 15.4 Å². The summed E-state index contributed by atoms with van der Waals surface area (Å²) in [6.07, 6.45) is 0. The number of nitro benzene ring substituents is 1. The molecule has 0 heterocycles. The summed E-state index contributed by atoms with van der Waals surface area (Å²) in [4.78, 5) is 11.9. The molecule has 5 heteroatoms. The summed E-state index contributed by atoms with van der Waals surface area (Å²) in [6, 6.07) is 24.9. The zero-order chi connectivity index (χ0) is 17.0. The molecule has 0 aromatic heterocycles. The van der Waals surface area contributed by atoms with Gasteiger partial charge >= 0.3 is 0 Å². The molecule has 3 aromatic rings. The lowest BCUT2D eigenvalue weighted by molar-refractivity contribution is -0.384. The molecular weight excluding hydrogens is 322 g/mol. The fourth-order valence-electron chi connectivity index (χ4n) is 2.53. The summed E-state index contributed by atoms with van der Waals surface area (Å²) in [5.74, 6) is 0.305. The summed E-state index contributed by atoms with van der Waals surface area (Å²) in [5, 5.41) is 10.8. The van der Waals surface area contributed by atoms with Crippen LogP contribution in [0, 0.1) is 10.1 Å². The first-order valence-corrected chi connectivity index (χ1v) is 9.18. The predicted molar refractivity (Wildman–Crippen MR) is 94.3 cm³/mol. The Labute approximate surface area is 141 Å². The summed E-state index contributed by atoms with van der Waals surface area (Å²) >= 11 is 0. The lowest BCUT2D eigenvalue weighted by Gasteiger charge is -2.12. The normalized spacial score (nSPS) is 11.2. The van der Waals surface area contributed by atoms with Crippen LogP contribution in [0.25, 0.3) is 0 Å². The van der Waals surface area contributed by atoms with Crippen molar-refractivity contribution in [3.63, 3.8) is 0 Å². The van der Waals surface area contributed by atoms with E-state index in [1.165, 1.54) is 12.1 Å². The SMILES string of the molecule is O=[N+]([O-])c1ccc(C[S+](=O)(c2ccccc2)c2ccccc2)cc1. The number of nitrogens with zero attached hydrogens (tertiary/aromatic N) is 1. The Balaban J connectivity index is 2.03. The molecular formula is C19H16NO3S+. The Kier molecular flexibility index (Phi) is 4.53. The van der Waals surface area contributed by atoms with E-state index in [1.54, 1.807) is 12.1 Å². The average molecular weight is 338 g/mol. The van der Waals surface area contributed by atoms with Crippen LogP contribution >= 0.6 is 0 Å². The molecule has 0 bridgehead atoms. The molecule has 0 spiro atoms. The number of benzene rings is 3. The number of nitro groups is 1. The van der Waals surface area contributed by atoms with Crippen molar-refractivity contribution in [1.82, 2.24) is 0 Å². The van der Waals surface area contributed by atoms with Crippen molar-refractivity contribution in [3.05, 3.63) is 101 Å². The van der Waals surface area contributed by atoms with Gasteiger partial charge in [0.1, 0.15) is 5.75 Å². The molecule has 0 saturated carbocycles. The van der Waals surface area contributed by atoms with Crippen LogP contribution in [-0.2, 0) is 19.9 Å². The van der Waals surface area contributed by atoms with E-state index in [2.05, 4.69) is 0 Å². The van der Waals surface area contributed by atoms with Crippen LogP contribution in [0.1, 0.15) is 5.56 Å². The number of rotatable bonds is 5. The van der Waals surface area contributed by atoms with Crippen molar-refractivity contribution in [2.24, 2.45) is 0 Å². The number of hydrogen-bond donors (Lipinski definition) is 0. The molecule has 3 aromatic carbocycles. The van der Waals surface area contributed by atoms with Crippen molar-refractivity contribution >= 4 is 15.6 Å². The van der Waals surface area contributed by atoms with Gasteiger partial charge in [0.25, 0.3) is 5.69 Å². The third-order valence-electron chi connectivity index (χ3n) is 3.76. The van der Waals surface area contributed by atoms with Crippen LogP contribution in [0.5, 0.6) is 0 Å². The summed E-state index contributed by atoms with van der Waals surface area (Å²) in [7, 11) is -2.50. The van der Waals surface area contributed by atoms with Crippen molar-refractivity contribution in [2.75, 3.05) is 0 Å². The second-order valence-corrected chi connectivity index (χ2v) is 7.95. The molecule has 0 amide bonds. The number of hydrogen-bond acceptors (Lipinski definition) is 3. The average Bonchev–Trinajstić information content (AvgIpc) is 2.63. The second kappa shape index (κ2) is 6.76. The van der Waals surface area contributed by atoms with Gasteiger partial charge in [-0.2, -0.15) is 0 Å². The minimum absolute atomic E-state index is 0.0321. The molecule has 4 nitrogen and oxygen atoms in total. The fourth-order valence-corrected chi connectivity index (χ4v) is 4.99. The third-order valence-corrected chi connectivity index (χ3v) is 6.57. The van der Waals surface area contributed by atoms with Crippen LogP contribution in [0.15, 0.2) is 94.7 Å². The zero-order valence-electron chi connectivity index (χ0n) is 12.9. The van der Waals surface area contributed by atoms with Gasteiger partial charge in [-0.25, -0.2) is 0 Å². The highest BCUT2D eigenvalue weighted by atomic mass is 32.2. The first-order chi connectivity index (χ1) is 11.6. The van der Waals surface area contributed by atoms with E-state index in [9.17, 15) is 14.3 Å². The monoisotopic (exact) mass is 338 g/mol. The maximum atomic E-state index is 13.8. The Morgan fingerprint density at radius 1 is 0.750 bits per heavy atom. The Hall–Kier alpha value is -2.79. The molecule has 0 N–H and O–H groups in total. The molecule has 0 radical (unpaired) electrons. The van der Waals surface area contributed by atoms with Crippen molar-refractivity contribution in [2.45, 2.75) is 15.5 Å². The maximum Gasteiger partial charge on any atom is 0.269 e. The van der Waals surface area contributed by atoms with E-state index in [1.807, 2.05) is 60.7 Å². The van der Waals surface area contributed by atoms with Crippen LogP contribution in [-0.4, -0.2) is 4.92 Å². The highest BCUT2D eigenvalue weighted by Gasteiger charge is 2.34. The molecule has 3 rings (SSSR count). The standard InChI is InChI=1S/C19H16NO3S/c21-20(22)17-13-11-16(12-14-17)15-24(23,18-7-3-1-4-8-18)19-9-5-2-6-10-19/h1-14H,15H2/q+1. The molecule has 0 fully saturated rings. The van der Waals surface area contributed by atoms with Gasteiger partial charge in [0.05, 0.1) is 4.92 Å². The van der Waals surface area contributed by atoms with Crippen LogP contribution in [0.4, 0.5) is 5.69 Å². The second-order valence-electron chi connectivity index (χ2n) is 5.37. The minimum Gasteiger partial charge on any atom is -0.258 e. The Bertz CT molecular complexity index is 834. The maximum absolute atomic E-state index is 13.8. The van der Waals surface area contributed by atoms with E-state index in [0.29, 0.717) is 5.75 Å². The molecule has 0 aliphatic rings. The lowest BCUT2D eigenvalue weighted by atomic mass is 10.2. The molecule has 24 heavy (non-hydrogen) atoms. The summed E-state index contributed by atoms with van der Waals surface area (Å²) in [5.41, 5.74) is 0.836. The fraction of sp³-hybridized carbons (Fsp3) is 0.0526. The van der Waals surface area contributed by atoms with E-state index < -0.39 is 14.9 Å². The van der Waals surface area contributed by atoms with E-state index >= 15 is 0 Å². The smallest absolute Gasteiger partial charge is 0.258 e. The van der Waals surface area contributed by atoms with Crippen molar-refractivity contribution < 1.29 is 9.13 Å². The van der Waals surface area contributed by atoms with Gasteiger partial charge in [-0.3, -0.25) is 10.1 Å². The van der Waals surface area contributed by atoms with E-state index in [-0.39, 0.29) is 5.69 Å². The zero-order valence-corrected chi connectivity index (χ0v) is 13.7. The molecule has 0 unspecified atom stereocenters. The van der Waals surface area contributed by atoms with Crippen LogP contribution in [0.3, 0.4) is 0 Å². The minimum atomic E-state index is -2.50. The summed E-state index contributed by atoms with van der Waals surface area (Å²) < 4.78 is 13.8. The van der Waals surface area contributed by atoms with Gasteiger partial charge in [-0.05, 0) is 36.4 Å². The molecule has 0 atom stereocenters. The van der Waals surface area contributed by atoms with Gasteiger partial charge in [0, 0.05) is 17.7 Å². The van der Waals surface area contributed by atoms with Gasteiger partial charge in [0.2, 0.25) is 0 Å². The molecule has 0 aliphatic heterocycles. The topological polar surface area (TPSA) is 60.2 Å². The molecule has 120 valence electrons. The molecule has 0 aliphatic carbocycles. The van der Waals surface area contributed by atoms with Crippen molar-refractivity contribution in [1.29, 1.82) is 0 Å². The quantitative estimate of drug-likeness (QED) is 0.384.